The number of aromatic nitrogens is 1. The minimum absolute atomic E-state index is 0.0816. The Labute approximate surface area is 242 Å². The summed E-state index contributed by atoms with van der Waals surface area (Å²) in [6.45, 7) is 0.522. The number of carbonyl (C=O) groups is 2. The summed E-state index contributed by atoms with van der Waals surface area (Å²) in [6.07, 6.45) is -5.36. The number of nitrogens with zero attached hydrogens (tertiary/aromatic N) is 3. The van der Waals surface area contributed by atoms with E-state index in [1.165, 1.54) is 58.3 Å². The zero-order chi connectivity index (χ0) is 30.7. The summed E-state index contributed by atoms with van der Waals surface area (Å²) in [5.74, 6) is -4.91. The highest BCUT2D eigenvalue weighted by molar-refractivity contribution is 7.89. The molecule has 1 fully saturated rings. The molecule has 1 aromatic heterocycles. The molecule has 1 atom stereocenters. The van der Waals surface area contributed by atoms with Crippen LogP contribution in [0.15, 0.2) is 64.3 Å². The molecule has 16 heteroatoms. The van der Waals surface area contributed by atoms with Crippen LogP contribution in [0.1, 0.15) is 35.0 Å². The fourth-order valence-corrected chi connectivity index (χ4v) is 6.35. The summed E-state index contributed by atoms with van der Waals surface area (Å²) < 4.78 is 97.2. The molecule has 9 nitrogen and oxygen atoms in total. The van der Waals surface area contributed by atoms with E-state index in [0.717, 1.165) is 28.6 Å². The second kappa shape index (κ2) is 12.3. The van der Waals surface area contributed by atoms with Gasteiger partial charge in [-0.2, -0.15) is 4.31 Å². The van der Waals surface area contributed by atoms with Crippen molar-refractivity contribution in [1.82, 2.24) is 19.5 Å². The standard InChI is InChI=1S/C26H25F5N4O5S2/c1-2-25(27,28)18-5-3-17(4-6-18)13-32-23(36)22-14-34(24(37)21-15-41-16-33-21)11-12-35(22)42(38,39)20-9-7-19(8-10-20)40-26(29,30)31/h3-10,15-16,22H,2,11-14H2,1H3,(H,32,36)/t22-/m1/s1. The highest BCUT2D eigenvalue weighted by atomic mass is 32.2. The van der Waals surface area contributed by atoms with E-state index in [9.17, 15) is 40.0 Å². The number of halogens is 5. The first-order valence-corrected chi connectivity index (χ1v) is 14.9. The van der Waals surface area contributed by atoms with E-state index in [-0.39, 0.29) is 48.8 Å². The molecule has 42 heavy (non-hydrogen) atoms. The maximum Gasteiger partial charge on any atom is 0.573 e. The van der Waals surface area contributed by atoms with Crippen molar-refractivity contribution in [3.63, 3.8) is 0 Å². The van der Waals surface area contributed by atoms with Crippen molar-refractivity contribution in [2.45, 2.75) is 43.1 Å². The summed E-state index contributed by atoms with van der Waals surface area (Å²) >= 11 is 1.18. The van der Waals surface area contributed by atoms with Crippen molar-refractivity contribution >= 4 is 33.2 Å². The third-order valence-electron chi connectivity index (χ3n) is 6.52. The molecular weight excluding hydrogens is 607 g/mol. The summed E-state index contributed by atoms with van der Waals surface area (Å²) in [7, 11) is -4.43. The minimum Gasteiger partial charge on any atom is -0.406 e. The van der Waals surface area contributed by atoms with E-state index in [2.05, 4.69) is 15.0 Å². The van der Waals surface area contributed by atoms with Gasteiger partial charge in [-0.15, -0.1) is 24.5 Å². The Morgan fingerprint density at radius 3 is 2.29 bits per heavy atom. The molecule has 1 aliphatic rings. The van der Waals surface area contributed by atoms with E-state index in [0.29, 0.717) is 5.56 Å². The van der Waals surface area contributed by atoms with Crippen LogP contribution in [0, 0.1) is 0 Å². The molecule has 0 spiro atoms. The number of rotatable bonds is 9. The normalized spacial score (nSPS) is 16.7. The third-order valence-corrected chi connectivity index (χ3v) is 9.03. The Morgan fingerprint density at radius 1 is 1.05 bits per heavy atom. The minimum atomic E-state index is -4.97. The molecule has 0 bridgehead atoms. The number of amides is 2. The van der Waals surface area contributed by atoms with Gasteiger partial charge >= 0.3 is 6.36 Å². The van der Waals surface area contributed by atoms with Crippen molar-refractivity contribution in [2.75, 3.05) is 19.6 Å². The molecule has 0 radical (unpaired) electrons. The van der Waals surface area contributed by atoms with Crippen molar-refractivity contribution in [3.8, 4) is 5.75 Å². The van der Waals surface area contributed by atoms with E-state index in [4.69, 9.17) is 0 Å². The lowest BCUT2D eigenvalue weighted by atomic mass is 10.0. The molecule has 1 saturated heterocycles. The Bertz CT molecular complexity index is 1500. The summed E-state index contributed by atoms with van der Waals surface area (Å²) in [5.41, 5.74) is 1.86. The quantitative estimate of drug-likeness (QED) is 0.351. The molecule has 3 aromatic rings. The number of alkyl halides is 5. The average Bonchev–Trinajstić information content (AvgIpc) is 3.50. The van der Waals surface area contributed by atoms with Crippen molar-refractivity contribution in [1.29, 1.82) is 0 Å². The van der Waals surface area contributed by atoms with Crippen molar-refractivity contribution in [3.05, 3.63) is 76.2 Å². The van der Waals surface area contributed by atoms with Crippen LogP contribution < -0.4 is 10.1 Å². The van der Waals surface area contributed by atoms with Gasteiger partial charge in [0, 0.05) is 43.5 Å². The van der Waals surface area contributed by atoms with Crippen LogP contribution in [0.4, 0.5) is 22.0 Å². The number of thiazole rings is 1. The summed E-state index contributed by atoms with van der Waals surface area (Å²) in [6, 6.07) is 7.41. The van der Waals surface area contributed by atoms with E-state index in [1.54, 1.807) is 0 Å². The van der Waals surface area contributed by atoms with Gasteiger partial charge in [0.15, 0.2) is 0 Å². The number of ether oxygens (including phenoxy) is 1. The van der Waals surface area contributed by atoms with E-state index < -0.39 is 45.9 Å². The molecule has 0 unspecified atom stereocenters. The van der Waals surface area contributed by atoms with Gasteiger partial charge in [-0.05, 0) is 29.8 Å². The zero-order valence-corrected chi connectivity index (χ0v) is 23.6. The van der Waals surface area contributed by atoms with Gasteiger partial charge in [-0.25, -0.2) is 22.2 Å². The second-order valence-electron chi connectivity index (χ2n) is 9.25. The molecule has 1 N–H and O–H groups in total. The first kappa shape index (κ1) is 31.3. The first-order valence-electron chi connectivity index (χ1n) is 12.5. The lowest BCUT2D eigenvalue weighted by Gasteiger charge is -2.39. The fraction of sp³-hybridized carbons (Fsp3) is 0.346. The molecule has 0 aliphatic carbocycles. The molecule has 2 aromatic carbocycles. The van der Waals surface area contributed by atoms with Gasteiger partial charge in [0.05, 0.1) is 10.4 Å². The highest BCUT2D eigenvalue weighted by Gasteiger charge is 2.42. The first-order chi connectivity index (χ1) is 19.7. The van der Waals surface area contributed by atoms with Crippen LogP contribution >= 0.6 is 11.3 Å². The summed E-state index contributed by atoms with van der Waals surface area (Å²) in [4.78, 5) is 31.2. The zero-order valence-electron chi connectivity index (χ0n) is 22.0. The van der Waals surface area contributed by atoms with E-state index >= 15 is 0 Å². The van der Waals surface area contributed by atoms with E-state index in [1.807, 2.05) is 0 Å². The Morgan fingerprint density at radius 2 is 1.71 bits per heavy atom. The number of sulfonamides is 1. The van der Waals surface area contributed by atoms with Gasteiger partial charge in [-0.1, -0.05) is 31.2 Å². The SMILES string of the molecule is CCC(F)(F)c1ccc(CNC(=O)[C@H]2CN(C(=O)c3cscn3)CCN2S(=O)(=O)c2ccc(OC(F)(F)F)cc2)cc1. The topological polar surface area (TPSA) is 109 Å². The number of piperazine rings is 1. The monoisotopic (exact) mass is 632 g/mol. The van der Waals surface area contributed by atoms with Crippen LogP contribution in [0.5, 0.6) is 5.75 Å². The van der Waals surface area contributed by atoms with Crippen LogP contribution in [0.25, 0.3) is 0 Å². The van der Waals surface area contributed by atoms with Crippen molar-refractivity contribution < 1.29 is 44.7 Å². The van der Waals surface area contributed by atoms with Crippen molar-refractivity contribution in [2.24, 2.45) is 0 Å². The van der Waals surface area contributed by atoms with Gasteiger partial charge in [-0.3, -0.25) is 9.59 Å². The van der Waals surface area contributed by atoms with Crippen LogP contribution in [-0.4, -0.2) is 66.5 Å². The number of hydrogen-bond acceptors (Lipinski definition) is 7. The largest absolute Gasteiger partial charge is 0.573 e. The van der Waals surface area contributed by atoms with Crippen LogP contribution in [-0.2, 0) is 27.3 Å². The third kappa shape index (κ3) is 7.22. The molecule has 1 aliphatic heterocycles. The molecule has 226 valence electrons. The fourth-order valence-electron chi connectivity index (χ4n) is 4.26. The highest BCUT2D eigenvalue weighted by Crippen LogP contribution is 2.31. The molecule has 4 rings (SSSR count). The number of benzene rings is 2. The second-order valence-corrected chi connectivity index (χ2v) is 11.9. The lowest BCUT2D eigenvalue weighted by Crippen LogP contribution is -2.61. The maximum atomic E-state index is 13.9. The molecule has 2 amide bonds. The maximum absolute atomic E-state index is 13.9. The van der Waals surface area contributed by atoms with Gasteiger partial charge in [0.25, 0.3) is 11.8 Å². The van der Waals surface area contributed by atoms with Crippen LogP contribution in [0.3, 0.4) is 0 Å². The number of nitrogens with one attached hydrogen (secondary N) is 1. The van der Waals surface area contributed by atoms with Crippen LogP contribution in [0.2, 0.25) is 0 Å². The lowest BCUT2D eigenvalue weighted by molar-refractivity contribution is -0.274. The van der Waals surface area contributed by atoms with Gasteiger partial charge in [0.2, 0.25) is 15.9 Å². The molecule has 2 heterocycles. The predicted molar refractivity (Wildman–Crippen MR) is 141 cm³/mol. The number of carbonyl (C=O) groups excluding carboxylic acids is 2. The molecule has 0 saturated carbocycles. The Balaban J connectivity index is 1.55. The Kier molecular flexibility index (Phi) is 9.18. The predicted octanol–water partition coefficient (Wildman–Crippen LogP) is 4.38. The summed E-state index contributed by atoms with van der Waals surface area (Å²) in [5, 5.41) is 4.11. The number of hydrogen-bond donors (Lipinski definition) is 1. The molecular formula is C26H25F5N4O5S2. The average molecular weight is 633 g/mol. The van der Waals surface area contributed by atoms with Gasteiger partial charge < -0.3 is 15.0 Å². The van der Waals surface area contributed by atoms with Gasteiger partial charge in [0.1, 0.15) is 17.5 Å². The Hall–Kier alpha value is -3.63. The smallest absolute Gasteiger partial charge is 0.406 e.